The van der Waals surface area contributed by atoms with Gasteiger partial charge < -0.3 is 24.3 Å². The SMILES string of the molecule is COc1ccc(NC(=O)/C=C/c2cc(OC)c3c(c2)OCCO3)cc1. The Morgan fingerprint density at radius 3 is 2.56 bits per heavy atom. The maximum absolute atomic E-state index is 12.1. The molecule has 1 aliphatic rings. The van der Waals surface area contributed by atoms with Crippen LogP contribution < -0.4 is 24.3 Å². The third kappa shape index (κ3) is 4.03. The molecule has 0 fully saturated rings. The van der Waals surface area contributed by atoms with Gasteiger partial charge in [0.1, 0.15) is 19.0 Å². The minimum Gasteiger partial charge on any atom is -0.497 e. The number of carbonyl (C=O) groups excluding carboxylic acids is 1. The van der Waals surface area contributed by atoms with E-state index >= 15 is 0 Å². The molecule has 25 heavy (non-hydrogen) atoms. The quantitative estimate of drug-likeness (QED) is 0.847. The number of amides is 1. The van der Waals surface area contributed by atoms with Crippen LogP contribution in [0.4, 0.5) is 5.69 Å². The molecular weight excluding hydrogens is 322 g/mol. The minimum absolute atomic E-state index is 0.237. The summed E-state index contributed by atoms with van der Waals surface area (Å²) in [7, 11) is 3.16. The molecule has 1 heterocycles. The summed E-state index contributed by atoms with van der Waals surface area (Å²) in [4.78, 5) is 12.1. The second-order valence-electron chi connectivity index (χ2n) is 5.30. The lowest BCUT2D eigenvalue weighted by Gasteiger charge is -2.20. The molecule has 1 amide bonds. The zero-order valence-electron chi connectivity index (χ0n) is 14.1. The first-order chi connectivity index (χ1) is 12.2. The Morgan fingerprint density at radius 2 is 1.84 bits per heavy atom. The van der Waals surface area contributed by atoms with Crippen molar-refractivity contribution in [3.8, 4) is 23.0 Å². The largest absolute Gasteiger partial charge is 0.497 e. The van der Waals surface area contributed by atoms with E-state index in [0.29, 0.717) is 36.1 Å². The van der Waals surface area contributed by atoms with Crippen LogP contribution in [-0.2, 0) is 4.79 Å². The summed E-state index contributed by atoms with van der Waals surface area (Å²) in [5, 5.41) is 2.79. The van der Waals surface area contributed by atoms with Crippen LogP contribution in [0.25, 0.3) is 6.08 Å². The van der Waals surface area contributed by atoms with E-state index in [1.165, 1.54) is 6.08 Å². The van der Waals surface area contributed by atoms with Gasteiger partial charge in [0.15, 0.2) is 11.5 Å². The predicted octanol–water partition coefficient (Wildman–Crippen LogP) is 3.13. The molecule has 3 rings (SSSR count). The fraction of sp³-hybridized carbons (Fsp3) is 0.211. The molecule has 0 unspecified atom stereocenters. The molecule has 0 atom stereocenters. The van der Waals surface area contributed by atoms with Crippen molar-refractivity contribution in [2.45, 2.75) is 0 Å². The molecule has 0 saturated carbocycles. The topological polar surface area (TPSA) is 66.0 Å². The van der Waals surface area contributed by atoms with E-state index in [9.17, 15) is 4.79 Å². The molecule has 130 valence electrons. The Kier molecular flexibility index (Phi) is 5.09. The van der Waals surface area contributed by atoms with Gasteiger partial charge in [0.25, 0.3) is 0 Å². The van der Waals surface area contributed by atoms with Crippen molar-refractivity contribution in [2.24, 2.45) is 0 Å². The van der Waals surface area contributed by atoms with Crippen molar-refractivity contribution in [1.82, 2.24) is 0 Å². The molecular formula is C19H19NO5. The second-order valence-corrected chi connectivity index (χ2v) is 5.30. The molecule has 0 radical (unpaired) electrons. The van der Waals surface area contributed by atoms with E-state index in [1.807, 2.05) is 6.07 Å². The Hall–Kier alpha value is -3.15. The smallest absolute Gasteiger partial charge is 0.248 e. The molecule has 2 aromatic carbocycles. The molecule has 2 aromatic rings. The molecule has 0 aromatic heterocycles. The Bertz CT molecular complexity index is 766. The van der Waals surface area contributed by atoms with E-state index in [2.05, 4.69) is 5.32 Å². The standard InChI is InChI=1S/C19H19NO5/c1-22-15-6-4-14(5-7-15)20-18(21)8-3-13-11-16(23-2)19-17(12-13)24-9-10-25-19/h3-8,11-12H,9-10H2,1-2H3,(H,20,21)/b8-3+. The van der Waals surface area contributed by atoms with Crippen molar-refractivity contribution in [3.63, 3.8) is 0 Å². The van der Waals surface area contributed by atoms with Crippen LogP contribution in [0, 0.1) is 0 Å². The zero-order valence-corrected chi connectivity index (χ0v) is 14.1. The lowest BCUT2D eigenvalue weighted by molar-refractivity contribution is -0.111. The maximum atomic E-state index is 12.1. The van der Waals surface area contributed by atoms with Crippen LogP contribution in [0.2, 0.25) is 0 Å². The van der Waals surface area contributed by atoms with Gasteiger partial charge in [0.2, 0.25) is 11.7 Å². The Balaban J connectivity index is 1.71. The Morgan fingerprint density at radius 1 is 1.08 bits per heavy atom. The summed E-state index contributed by atoms with van der Waals surface area (Å²) in [5.74, 6) is 2.28. The highest BCUT2D eigenvalue weighted by molar-refractivity contribution is 6.02. The van der Waals surface area contributed by atoms with Gasteiger partial charge in [-0.1, -0.05) is 0 Å². The maximum Gasteiger partial charge on any atom is 0.248 e. The molecule has 1 aliphatic heterocycles. The summed E-state index contributed by atoms with van der Waals surface area (Å²) in [5.41, 5.74) is 1.47. The van der Waals surface area contributed by atoms with Crippen LogP contribution >= 0.6 is 0 Å². The number of fused-ring (bicyclic) bond motifs is 1. The first-order valence-electron chi connectivity index (χ1n) is 7.80. The lowest BCUT2D eigenvalue weighted by Crippen LogP contribution is -2.16. The highest BCUT2D eigenvalue weighted by Gasteiger charge is 2.17. The van der Waals surface area contributed by atoms with Gasteiger partial charge in [-0.15, -0.1) is 0 Å². The first kappa shape index (κ1) is 16.7. The van der Waals surface area contributed by atoms with Crippen LogP contribution in [0.1, 0.15) is 5.56 Å². The summed E-state index contributed by atoms with van der Waals surface area (Å²) in [6, 6.07) is 10.7. The predicted molar refractivity (Wildman–Crippen MR) is 94.6 cm³/mol. The number of rotatable bonds is 5. The molecule has 1 N–H and O–H groups in total. The summed E-state index contributed by atoms with van der Waals surface area (Å²) >= 11 is 0. The van der Waals surface area contributed by atoms with Gasteiger partial charge in [-0.05, 0) is 48.0 Å². The highest BCUT2D eigenvalue weighted by atomic mass is 16.6. The van der Waals surface area contributed by atoms with Crippen LogP contribution in [-0.4, -0.2) is 33.3 Å². The van der Waals surface area contributed by atoms with E-state index in [0.717, 1.165) is 11.3 Å². The number of hydrogen-bond donors (Lipinski definition) is 1. The molecule has 6 nitrogen and oxygen atoms in total. The number of nitrogens with one attached hydrogen (secondary N) is 1. The van der Waals surface area contributed by atoms with Gasteiger partial charge in [-0.2, -0.15) is 0 Å². The molecule has 0 aliphatic carbocycles. The van der Waals surface area contributed by atoms with Gasteiger partial charge in [-0.25, -0.2) is 0 Å². The van der Waals surface area contributed by atoms with E-state index < -0.39 is 0 Å². The summed E-state index contributed by atoms with van der Waals surface area (Å²) in [6.45, 7) is 0.976. The van der Waals surface area contributed by atoms with Gasteiger partial charge >= 0.3 is 0 Å². The van der Waals surface area contributed by atoms with Gasteiger partial charge in [0.05, 0.1) is 14.2 Å². The molecule has 0 saturated heterocycles. The van der Waals surface area contributed by atoms with E-state index in [1.54, 1.807) is 50.6 Å². The average molecular weight is 341 g/mol. The lowest BCUT2D eigenvalue weighted by atomic mass is 10.1. The number of hydrogen-bond acceptors (Lipinski definition) is 5. The van der Waals surface area contributed by atoms with E-state index in [-0.39, 0.29) is 5.91 Å². The molecule has 6 heteroatoms. The number of ether oxygens (including phenoxy) is 4. The fourth-order valence-electron chi connectivity index (χ4n) is 2.42. The number of methoxy groups -OCH3 is 2. The summed E-state index contributed by atoms with van der Waals surface area (Å²) < 4.78 is 21.6. The van der Waals surface area contributed by atoms with Crippen LogP contribution in [0.15, 0.2) is 42.5 Å². The first-order valence-corrected chi connectivity index (χ1v) is 7.80. The van der Waals surface area contributed by atoms with Gasteiger partial charge in [0, 0.05) is 11.8 Å². The normalized spacial score (nSPS) is 12.7. The third-order valence-electron chi connectivity index (χ3n) is 3.64. The van der Waals surface area contributed by atoms with E-state index in [4.69, 9.17) is 18.9 Å². The fourth-order valence-corrected chi connectivity index (χ4v) is 2.42. The van der Waals surface area contributed by atoms with Crippen molar-refractivity contribution in [3.05, 3.63) is 48.0 Å². The minimum atomic E-state index is -0.237. The van der Waals surface area contributed by atoms with Crippen molar-refractivity contribution in [2.75, 3.05) is 32.8 Å². The van der Waals surface area contributed by atoms with Crippen molar-refractivity contribution < 1.29 is 23.7 Å². The van der Waals surface area contributed by atoms with Crippen LogP contribution in [0.5, 0.6) is 23.0 Å². The third-order valence-corrected chi connectivity index (χ3v) is 3.64. The van der Waals surface area contributed by atoms with Crippen LogP contribution in [0.3, 0.4) is 0 Å². The highest BCUT2D eigenvalue weighted by Crippen LogP contribution is 2.40. The zero-order chi connectivity index (χ0) is 17.6. The summed E-state index contributed by atoms with van der Waals surface area (Å²) in [6.07, 6.45) is 3.15. The monoisotopic (exact) mass is 341 g/mol. The van der Waals surface area contributed by atoms with Crippen molar-refractivity contribution >= 4 is 17.7 Å². The average Bonchev–Trinajstić information content (AvgIpc) is 2.66. The number of carbonyl (C=O) groups is 1. The molecule has 0 bridgehead atoms. The molecule has 0 spiro atoms. The second kappa shape index (κ2) is 7.61. The van der Waals surface area contributed by atoms with Gasteiger partial charge in [-0.3, -0.25) is 4.79 Å². The number of benzene rings is 2. The number of anilines is 1. The Labute approximate surface area is 146 Å². The van der Waals surface area contributed by atoms with Crippen molar-refractivity contribution in [1.29, 1.82) is 0 Å².